The van der Waals surface area contributed by atoms with E-state index in [1.807, 2.05) is 25.1 Å². The number of carbonyl (C=O) groups is 1. The second kappa shape index (κ2) is 8.66. The summed E-state index contributed by atoms with van der Waals surface area (Å²) in [6.45, 7) is 3.03. The second-order valence-corrected chi connectivity index (χ2v) is 9.93. The Kier molecular flexibility index (Phi) is 5.98. The normalized spacial score (nSPS) is 17.7. The quantitative estimate of drug-likeness (QED) is 0.624. The van der Waals surface area contributed by atoms with Gasteiger partial charge >= 0.3 is 0 Å². The molecule has 1 amide bonds. The molecule has 30 heavy (non-hydrogen) atoms. The van der Waals surface area contributed by atoms with Gasteiger partial charge < -0.3 is 10.1 Å². The fourth-order valence-electron chi connectivity index (χ4n) is 3.45. The van der Waals surface area contributed by atoms with Crippen LogP contribution < -0.4 is 10.1 Å². The molecule has 3 heterocycles. The van der Waals surface area contributed by atoms with Crippen molar-refractivity contribution in [1.82, 2.24) is 14.3 Å². The van der Waals surface area contributed by atoms with Crippen LogP contribution >= 0.6 is 11.3 Å². The molecule has 1 saturated heterocycles. The van der Waals surface area contributed by atoms with Crippen LogP contribution in [0, 0.1) is 5.92 Å². The van der Waals surface area contributed by atoms with E-state index in [-0.39, 0.29) is 17.3 Å². The molecule has 1 aliphatic heterocycles. The maximum atomic E-state index is 12.8. The highest BCUT2D eigenvalue weighted by atomic mass is 32.2. The van der Waals surface area contributed by atoms with Crippen molar-refractivity contribution in [2.45, 2.75) is 24.7 Å². The minimum absolute atomic E-state index is 0.141. The highest BCUT2D eigenvalue weighted by Gasteiger charge is 2.33. The standard InChI is InChI=1S/C20H22N4O4S2/c1-2-28-15-7-8-17-18(11-15)29-20(22-17)23-19(25)14-5-4-10-24(13-14)30(26,27)16-6-3-9-21-12-16/h3,6-9,11-12,14H,2,4-5,10,13H2,1H3,(H,22,23,25)/t14-/m1/s1. The van der Waals surface area contributed by atoms with Crippen molar-refractivity contribution in [3.8, 4) is 5.75 Å². The molecule has 8 nitrogen and oxygen atoms in total. The van der Waals surface area contributed by atoms with Crippen LogP contribution in [-0.4, -0.2) is 48.3 Å². The lowest BCUT2D eigenvalue weighted by molar-refractivity contribution is -0.120. The van der Waals surface area contributed by atoms with Crippen LogP contribution in [0.2, 0.25) is 0 Å². The number of pyridine rings is 1. The zero-order chi connectivity index (χ0) is 21.1. The van der Waals surface area contributed by atoms with Crippen molar-refractivity contribution < 1.29 is 17.9 Å². The molecule has 4 rings (SSSR count). The molecule has 1 aliphatic rings. The first kappa shape index (κ1) is 20.7. The van der Waals surface area contributed by atoms with Crippen LogP contribution in [0.4, 0.5) is 5.13 Å². The van der Waals surface area contributed by atoms with Crippen LogP contribution in [0.15, 0.2) is 47.6 Å². The van der Waals surface area contributed by atoms with E-state index < -0.39 is 15.9 Å². The van der Waals surface area contributed by atoms with E-state index >= 15 is 0 Å². The Bertz CT molecular complexity index is 1150. The van der Waals surface area contributed by atoms with Crippen LogP contribution in [-0.2, 0) is 14.8 Å². The molecular weight excluding hydrogens is 424 g/mol. The summed E-state index contributed by atoms with van der Waals surface area (Å²) in [6.07, 6.45) is 4.11. The van der Waals surface area contributed by atoms with Crippen LogP contribution in [0.1, 0.15) is 19.8 Å². The average Bonchev–Trinajstić information content (AvgIpc) is 3.16. The third kappa shape index (κ3) is 4.30. The molecule has 0 unspecified atom stereocenters. The predicted octanol–water partition coefficient (Wildman–Crippen LogP) is 3.13. The van der Waals surface area contributed by atoms with E-state index in [2.05, 4.69) is 15.3 Å². The fraction of sp³-hybridized carbons (Fsp3) is 0.350. The SMILES string of the molecule is CCOc1ccc2nc(NC(=O)[C@@H]3CCCN(S(=O)(=O)c4cccnc4)C3)sc2c1. The Balaban J connectivity index is 1.46. The first-order chi connectivity index (χ1) is 14.5. The van der Waals surface area contributed by atoms with Gasteiger partial charge in [-0.1, -0.05) is 11.3 Å². The molecule has 1 atom stereocenters. The molecule has 0 bridgehead atoms. The molecule has 0 radical (unpaired) electrons. The monoisotopic (exact) mass is 446 g/mol. The third-order valence-electron chi connectivity index (χ3n) is 4.93. The van der Waals surface area contributed by atoms with Crippen molar-refractivity contribution in [2.24, 2.45) is 5.92 Å². The number of nitrogens with one attached hydrogen (secondary N) is 1. The lowest BCUT2D eigenvalue weighted by Gasteiger charge is -2.30. The summed E-state index contributed by atoms with van der Waals surface area (Å²) >= 11 is 1.37. The summed E-state index contributed by atoms with van der Waals surface area (Å²) < 4.78 is 33.5. The molecule has 10 heteroatoms. The van der Waals surface area contributed by atoms with Crippen molar-refractivity contribution >= 4 is 42.6 Å². The maximum absolute atomic E-state index is 12.8. The number of hydrogen-bond acceptors (Lipinski definition) is 7. The highest BCUT2D eigenvalue weighted by molar-refractivity contribution is 7.89. The number of thiazole rings is 1. The number of ether oxygens (including phenoxy) is 1. The van der Waals surface area contributed by atoms with Crippen LogP contribution in [0.25, 0.3) is 10.2 Å². The van der Waals surface area contributed by atoms with Gasteiger partial charge in [-0.2, -0.15) is 4.31 Å². The van der Waals surface area contributed by atoms with E-state index in [0.29, 0.717) is 31.1 Å². The number of fused-ring (bicyclic) bond motifs is 1. The van der Waals surface area contributed by atoms with Gasteiger partial charge in [0.2, 0.25) is 15.9 Å². The van der Waals surface area contributed by atoms with E-state index in [0.717, 1.165) is 16.0 Å². The number of aromatic nitrogens is 2. The Hall–Kier alpha value is -2.56. The number of piperidine rings is 1. The lowest BCUT2D eigenvalue weighted by atomic mass is 9.99. The van der Waals surface area contributed by atoms with Crippen LogP contribution in [0.3, 0.4) is 0 Å². The molecule has 0 saturated carbocycles. The molecule has 2 aromatic heterocycles. The number of nitrogens with zero attached hydrogens (tertiary/aromatic N) is 3. The van der Waals surface area contributed by atoms with Gasteiger partial charge in [0.25, 0.3) is 0 Å². The molecule has 0 spiro atoms. The highest BCUT2D eigenvalue weighted by Crippen LogP contribution is 2.30. The van der Waals surface area contributed by atoms with E-state index in [9.17, 15) is 13.2 Å². The summed E-state index contributed by atoms with van der Waals surface area (Å²) in [7, 11) is -3.67. The number of sulfonamides is 1. The Morgan fingerprint density at radius 3 is 3.00 bits per heavy atom. The molecule has 158 valence electrons. The number of carbonyl (C=O) groups excluding carboxylic acids is 1. The van der Waals surface area contributed by atoms with E-state index in [1.54, 1.807) is 6.07 Å². The summed E-state index contributed by atoms with van der Waals surface area (Å²) in [4.78, 5) is 21.3. The minimum atomic E-state index is -3.67. The van der Waals surface area contributed by atoms with Gasteiger partial charge in [0, 0.05) is 25.5 Å². The number of benzene rings is 1. The lowest BCUT2D eigenvalue weighted by Crippen LogP contribution is -2.43. The molecular formula is C20H22N4O4S2. The molecule has 1 N–H and O–H groups in total. The summed E-state index contributed by atoms with van der Waals surface area (Å²) in [5, 5.41) is 3.35. The number of amides is 1. The van der Waals surface area contributed by atoms with Crippen LogP contribution in [0.5, 0.6) is 5.75 Å². The number of anilines is 1. The Morgan fingerprint density at radius 2 is 2.23 bits per heavy atom. The predicted molar refractivity (Wildman–Crippen MR) is 115 cm³/mol. The smallest absolute Gasteiger partial charge is 0.244 e. The molecule has 1 fully saturated rings. The molecule has 0 aliphatic carbocycles. The maximum Gasteiger partial charge on any atom is 0.244 e. The molecule has 1 aromatic carbocycles. The first-order valence-electron chi connectivity index (χ1n) is 9.72. The van der Waals surface area contributed by atoms with Gasteiger partial charge in [-0.3, -0.25) is 9.78 Å². The first-order valence-corrected chi connectivity index (χ1v) is 12.0. The topological polar surface area (TPSA) is 101 Å². The van der Waals surface area contributed by atoms with Gasteiger partial charge in [0.1, 0.15) is 10.6 Å². The zero-order valence-corrected chi connectivity index (χ0v) is 18.1. The van der Waals surface area contributed by atoms with Gasteiger partial charge in [-0.25, -0.2) is 13.4 Å². The zero-order valence-electron chi connectivity index (χ0n) is 16.4. The van der Waals surface area contributed by atoms with E-state index in [1.165, 1.54) is 34.1 Å². The largest absolute Gasteiger partial charge is 0.494 e. The minimum Gasteiger partial charge on any atom is -0.494 e. The third-order valence-corrected chi connectivity index (χ3v) is 7.71. The van der Waals surface area contributed by atoms with Gasteiger partial charge in [-0.05, 0) is 50.1 Å². The number of rotatable bonds is 6. The fourth-order valence-corrected chi connectivity index (χ4v) is 5.83. The van der Waals surface area contributed by atoms with Gasteiger partial charge in [0.05, 0.1) is 22.7 Å². The second-order valence-electron chi connectivity index (χ2n) is 6.96. The van der Waals surface area contributed by atoms with Crippen molar-refractivity contribution in [1.29, 1.82) is 0 Å². The van der Waals surface area contributed by atoms with Gasteiger partial charge in [-0.15, -0.1) is 0 Å². The Labute approximate surface area is 179 Å². The van der Waals surface area contributed by atoms with Crippen molar-refractivity contribution in [3.63, 3.8) is 0 Å². The Morgan fingerprint density at radius 1 is 1.37 bits per heavy atom. The van der Waals surface area contributed by atoms with E-state index in [4.69, 9.17) is 4.74 Å². The number of hydrogen-bond donors (Lipinski definition) is 1. The van der Waals surface area contributed by atoms with Crippen molar-refractivity contribution in [2.75, 3.05) is 25.0 Å². The summed E-state index contributed by atoms with van der Waals surface area (Å²) in [5.41, 5.74) is 0.781. The average molecular weight is 447 g/mol. The molecule has 3 aromatic rings. The summed E-state index contributed by atoms with van der Waals surface area (Å²) in [6, 6.07) is 8.71. The summed E-state index contributed by atoms with van der Waals surface area (Å²) in [5.74, 6) is 0.108. The van der Waals surface area contributed by atoms with Crippen molar-refractivity contribution in [3.05, 3.63) is 42.7 Å². The van der Waals surface area contributed by atoms with Gasteiger partial charge in [0.15, 0.2) is 5.13 Å².